The second kappa shape index (κ2) is 5.80. The summed E-state index contributed by atoms with van der Waals surface area (Å²) in [5.74, 6) is 0. The van der Waals surface area contributed by atoms with Crippen LogP contribution >= 0.6 is 8.07 Å². The maximum absolute atomic E-state index is 10.5. The molecule has 0 fully saturated rings. The van der Waals surface area contributed by atoms with Crippen LogP contribution in [0.1, 0.15) is 13.8 Å². The van der Waals surface area contributed by atoms with Crippen LogP contribution in [-0.2, 0) is 0 Å². The van der Waals surface area contributed by atoms with Crippen LogP contribution in [0, 0.1) is 10.1 Å². The van der Waals surface area contributed by atoms with Gasteiger partial charge in [0.2, 0.25) is 0 Å². The number of nitro benzene ring substituents is 1. The number of anilines is 1. The second-order valence-electron chi connectivity index (χ2n) is 3.44. The third kappa shape index (κ3) is 2.92. The molecule has 0 spiro atoms. The van der Waals surface area contributed by atoms with Crippen LogP contribution in [0.5, 0.6) is 0 Å². The highest BCUT2D eigenvalue weighted by Gasteiger charge is 2.12. The molecule has 0 aliphatic rings. The molecule has 0 aliphatic carbocycles. The van der Waals surface area contributed by atoms with Gasteiger partial charge in [0, 0.05) is 24.9 Å². The topological polar surface area (TPSA) is 46.4 Å². The molecule has 4 nitrogen and oxygen atoms in total. The Hall–Kier alpha value is -1.15. The fraction of sp³-hybridized carbons (Fsp3) is 0.455. The van der Waals surface area contributed by atoms with Crippen molar-refractivity contribution in [1.29, 1.82) is 0 Å². The van der Waals surface area contributed by atoms with Crippen LogP contribution < -0.4 is 4.67 Å². The van der Waals surface area contributed by atoms with Crippen molar-refractivity contribution in [1.82, 2.24) is 0 Å². The molecule has 1 aromatic rings. The molecule has 1 rings (SSSR count). The quantitative estimate of drug-likeness (QED) is 0.449. The van der Waals surface area contributed by atoms with Crippen molar-refractivity contribution in [3.8, 4) is 0 Å². The summed E-state index contributed by atoms with van der Waals surface area (Å²) in [6, 6.07) is 6.76. The van der Waals surface area contributed by atoms with Crippen molar-refractivity contribution in [3.05, 3.63) is 34.4 Å². The fourth-order valence-corrected chi connectivity index (χ4v) is 3.36. The van der Waals surface area contributed by atoms with Gasteiger partial charge in [-0.2, -0.15) is 0 Å². The van der Waals surface area contributed by atoms with Crippen LogP contribution in [0.15, 0.2) is 24.3 Å². The van der Waals surface area contributed by atoms with Gasteiger partial charge in [0.1, 0.15) is 0 Å². The minimum Gasteiger partial charge on any atom is -0.354 e. The van der Waals surface area contributed by atoms with Gasteiger partial charge in [-0.3, -0.25) is 10.1 Å². The van der Waals surface area contributed by atoms with Crippen molar-refractivity contribution in [2.75, 3.05) is 24.0 Å². The SMILES string of the molecule is CCP(CC)N(C)c1ccc([N+](=O)[O-])cc1. The second-order valence-corrected chi connectivity index (χ2v) is 6.31. The predicted molar refractivity (Wildman–Crippen MR) is 69.5 cm³/mol. The summed E-state index contributed by atoms with van der Waals surface area (Å²) in [5, 5.41) is 10.5. The van der Waals surface area contributed by atoms with Gasteiger partial charge in [-0.05, 0) is 32.5 Å². The van der Waals surface area contributed by atoms with Gasteiger partial charge in [-0.1, -0.05) is 13.8 Å². The molecule has 88 valence electrons. The average Bonchev–Trinajstić information content (AvgIpc) is 2.30. The molecule has 0 N–H and O–H groups in total. The normalized spacial score (nSPS) is 10.5. The maximum atomic E-state index is 10.5. The van der Waals surface area contributed by atoms with Crippen LogP contribution in [0.2, 0.25) is 0 Å². The van der Waals surface area contributed by atoms with E-state index >= 15 is 0 Å². The Balaban J connectivity index is 2.84. The van der Waals surface area contributed by atoms with Gasteiger partial charge < -0.3 is 4.67 Å². The lowest BCUT2D eigenvalue weighted by molar-refractivity contribution is -0.384. The summed E-state index contributed by atoms with van der Waals surface area (Å²) in [4.78, 5) is 10.2. The molecular weight excluding hydrogens is 223 g/mol. The van der Waals surface area contributed by atoms with Gasteiger partial charge >= 0.3 is 0 Å². The summed E-state index contributed by atoms with van der Waals surface area (Å²) in [5.41, 5.74) is 1.20. The molecule has 0 aliphatic heterocycles. The largest absolute Gasteiger partial charge is 0.354 e. The van der Waals surface area contributed by atoms with Crippen molar-refractivity contribution in [2.24, 2.45) is 0 Å². The Morgan fingerprint density at radius 1 is 1.25 bits per heavy atom. The molecule has 1 aromatic carbocycles. The Bertz CT molecular complexity index is 350. The zero-order chi connectivity index (χ0) is 12.1. The van der Waals surface area contributed by atoms with Gasteiger partial charge in [-0.25, -0.2) is 0 Å². The first kappa shape index (κ1) is 12.9. The average molecular weight is 240 g/mol. The number of hydrogen-bond donors (Lipinski definition) is 0. The summed E-state index contributed by atoms with van der Waals surface area (Å²) in [7, 11) is 1.90. The van der Waals surface area contributed by atoms with Crippen LogP contribution in [-0.4, -0.2) is 24.3 Å². The molecule has 0 unspecified atom stereocenters. The minimum absolute atomic E-state index is 0.148. The van der Waals surface area contributed by atoms with Crippen molar-refractivity contribution >= 4 is 19.4 Å². The summed E-state index contributed by atoms with van der Waals surface area (Å²) < 4.78 is 2.24. The first-order chi connectivity index (χ1) is 7.60. The molecule has 5 heteroatoms. The Labute approximate surface area is 97.2 Å². The Morgan fingerprint density at radius 2 is 1.75 bits per heavy atom. The van der Waals surface area contributed by atoms with Crippen molar-refractivity contribution in [3.63, 3.8) is 0 Å². The van der Waals surface area contributed by atoms with Crippen LogP contribution in [0.25, 0.3) is 0 Å². The zero-order valence-corrected chi connectivity index (χ0v) is 10.8. The van der Waals surface area contributed by atoms with E-state index in [9.17, 15) is 10.1 Å². The Kier molecular flexibility index (Phi) is 4.69. The smallest absolute Gasteiger partial charge is 0.269 e. The lowest BCUT2D eigenvalue weighted by Gasteiger charge is -2.28. The number of hydrogen-bond acceptors (Lipinski definition) is 3. The van der Waals surface area contributed by atoms with E-state index in [1.54, 1.807) is 12.1 Å². The van der Waals surface area contributed by atoms with E-state index in [1.807, 2.05) is 12.1 Å². The van der Waals surface area contributed by atoms with Crippen LogP contribution in [0.4, 0.5) is 11.4 Å². The molecule has 0 aromatic heterocycles. The highest BCUT2D eigenvalue weighted by molar-refractivity contribution is 7.59. The van der Waals surface area contributed by atoms with E-state index in [4.69, 9.17) is 0 Å². The highest BCUT2D eigenvalue weighted by Crippen LogP contribution is 2.41. The lowest BCUT2D eigenvalue weighted by atomic mass is 10.3. The zero-order valence-electron chi connectivity index (χ0n) is 9.88. The third-order valence-corrected chi connectivity index (χ3v) is 5.13. The van der Waals surface area contributed by atoms with E-state index in [2.05, 4.69) is 25.6 Å². The molecule has 0 saturated heterocycles. The molecule has 0 heterocycles. The van der Waals surface area contributed by atoms with E-state index in [-0.39, 0.29) is 18.7 Å². The molecule has 0 amide bonds. The molecule has 0 bridgehead atoms. The van der Waals surface area contributed by atoms with Crippen molar-refractivity contribution < 1.29 is 4.92 Å². The van der Waals surface area contributed by atoms with Crippen molar-refractivity contribution in [2.45, 2.75) is 13.8 Å². The fourth-order valence-electron chi connectivity index (χ4n) is 1.60. The Morgan fingerprint density at radius 3 is 2.12 bits per heavy atom. The van der Waals surface area contributed by atoms with Gasteiger partial charge in [0.15, 0.2) is 0 Å². The summed E-state index contributed by atoms with van der Waals surface area (Å²) in [6.45, 7) is 4.36. The lowest BCUT2D eigenvalue weighted by Crippen LogP contribution is -2.12. The first-order valence-corrected chi connectivity index (χ1v) is 6.99. The van der Waals surface area contributed by atoms with E-state index in [0.29, 0.717) is 0 Å². The summed E-state index contributed by atoms with van der Waals surface area (Å²) in [6.07, 6.45) is 2.28. The number of benzene rings is 1. The van der Waals surface area contributed by atoms with Crippen LogP contribution in [0.3, 0.4) is 0 Å². The number of nitro groups is 1. The number of non-ortho nitro benzene ring substituents is 1. The standard InChI is InChI=1S/C11H17N2O2P/c1-4-16(5-2)12(3)10-6-8-11(9-7-10)13(14)15/h6-9H,4-5H2,1-3H3. The molecule has 0 atom stereocenters. The van der Waals surface area contributed by atoms with E-state index < -0.39 is 0 Å². The molecule has 0 radical (unpaired) electrons. The first-order valence-electron chi connectivity index (χ1n) is 5.33. The minimum atomic E-state index is -0.369. The molecular formula is C11H17N2O2P. The van der Waals surface area contributed by atoms with Gasteiger partial charge in [0.25, 0.3) is 5.69 Å². The third-order valence-electron chi connectivity index (χ3n) is 2.59. The van der Waals surface area contributed by atoms with E-state index in [1.165, 1.54) is 0 Å². The summed E-state index contributed by atoms with van der Waals surface area (Å²) >= 11 is 0. The van der Waals surface area contributed by atoms with Gasteiger partial charge in [-0.15, -0.1) is 0 Å². The number of rotatable bonds is 5. The maximum Gasteiger partial charge on any atom is 0.269 e. The highest BCUT2D eigenvalue weighted by atomic mass is 31.1. The monoisotopic (exact) mass is 240 g/mol. The number of nitrogens with zero attached hydrogens (tertiary/aromatic N) is 2. The molecule has 16 heavy (non-hydrogen) atoms. The van der Waals surface area contributed by atoms with Gasteiger partial charge in [0.05, 0.1) is 4.92 Å². The predicted octanol–water partition coefficient (Wildman–Crippen LogP) is 3.47. The molecule has 0 saturated carbocycles. The van der Waals surface area contributed by atoms with E-state index in [0.717, 1.165) is 18.0 Å².